The number of esters is 1. The number of ether oxygens (including phenoxy) is 2. The van der Waals surface area contributed by atoms with Gasteiger partial charge in [-0.15, -0.1) is 0 Å². The van der Waals surface area contributed by atoms with E-state index < -0.39 is 0 Å². The number of aliphatic hydroxyl groups excluding tert-OH is 2. The van der Waals surface area contributed by atoms with Crippen molar-refractivity contribution >= 4 is 5.97 Å². The van der Waals surface area contributed by atoms with Crippen molar-refractivity contribution in [3.8, 4) is 0 Å². The predicted octanol–water partition coefficient (Wildman–Crippen LogP) is 3.22. The van der Waals surface area contributed by atoms with Gasteiger partial charge in [0.2, 0.25) is 0 Å². The molecule has 0 saturated carbocycles. The van der Waals surface area contributed by atoms with E-state index in [0.29, 0.717) is 18.8 Å². The lowest BCUT2D eigenvalue weighted by Gasteiger charge is -2.25. The van der Waals surface area contributed by atoms with E-state index in [1.165, 1.54) is 7.11 Å². The summed E-state index contributed by atoms with van der Waals surface area (Å²) in [6.07, 6.45) is 3.19. The highest BCUT2D eigenvalue weighted by Gasteiger charge is 2.19. The number of benzene rings is 1. The Hall–Kier alpha value is -1.43. The number of methoxy groups -OCH3 is 1. The summed E-state index contributed by atoms with van der Waals surface area (Å²) in [6, 6.07) is 7.41. The quantitative estimate of drug-likeness (QED) is 0.498. The van der Waals surface area contributed by atoms with Gasteiger partial charge < -0.3 is 19.7 Å². The Morgan fingerprint density at radius 3 is 2.32 bits per heavy atom. The van der Waals surface area contributed by atoms with Crippen LogP contribution in [-0.2, 0) is 15.9 Å². The smallest absolute Gasteiger partial charge is 0.337 e. The lowest BCUT2D eigenvalue weighted by molar-refractivity contribution is 0.0480. The molecule has 2 N–H and O–H groups in total. The van der Waals surface area contributed by atoms with Crippen LogP contribution >= 0.6 is 0 Å². The van der Waals surface area contributed by atoms with Gasteiger partial charge in [-0.25, -0.2) is 4.79 Å². The van der Waals surface area contributed by atoms with Crippen LogP contribution in [0.5, 0.6) is 0 Å². The van der Waals surface area contributed by atoms with Crippen LogP contribution in [0, 0.1) is 5.41 Å². The minimum Gasteiger partial charge on any atom is -0.465 e. The lowest BCUT2D eigenvalue weighted by Crippen LogP contribution is -2.22. The van der Waals surface area contributed by atoms with E-state index in [-0.39, 0.29) is 17.5 Å². The van der Waals surface area contributed by atoms with Gasteiger partial charge in [0, 0.05) is 7.11 Å². The maximum absolute atomic E-state index is 11.4. The molecule has 1 rings (SSSR count). The second kappa shape index (κ2) is 12.9. The molecule has 1 aromatic carbocycles. The first-order chi connectivity index (χ1) is 11.9. The molecule has 5 heteroatoms. The van der Waals surface area contributed by atoms with Crippen LogP contribution in [0.3, 0.4) is 0 Å². The number of rotatable bonds is 10. The highest BCUT2D eigenvalue weighted by Crippen LogP contribution is 2.24. The second-order valence-corrected chi connectivity index (χ2v) is 6.76. The van der Waals surface area contributed by atoms with Crippen molar-refractivity contribution < 1.29 is 24.5 Å². The Balaban J connectivity index is 0.00000277. The summed E-state index contributed by atoms with van der Waals surface area (Å²) in [5, 5.41) is 16.6. The molecule has 0 fully saturated rings. The number of carbonyl (C=O) groups excluding carboxylic acids is 1. The molecule has 1 atom stereocenters. The van der Waals surface area contributed by atoms with Crippen molar-refractivity contribution in [1.29, 1.82) is 0 Å². The third-order valence-electron chi connectivity index (χ3n) is 4.03. The molecule has 1 unspecified atom stereocenters. The second-order valence-electron chi connectivity index (χ2n) is 6.76. The van der Waals surface area contributed by atoms with Gasteiger partial charge in [0.05, 0.1) is 32.0 Å². The van der Waals surface area contributed by atoms with Crippen LogP contribution in [0.4, 0.5) is 0 Å². The van der Waals surface area contributed by atoms with Crippen molar-refractivity contribution in [2.24, 2.45) is 5.41 Å². The van der Waals surface area contributed by atoms with Crippen molar-refractivity contribution in [1.82, 2.24) is 0 Å². The molecule has 144 valence electrons. The van der Waals surface area contributed by atoms with Crippen molar-refractivity contribution in [2.45, 2.75) is 52.6 Å². The van der Waals surface area contributed by atoms with Gasteiger partial charge in [-0.3, -0.25) is 0 Å². The van der Waals surface area contributed by atoms with Crippen LogP contribution in [0.25, 0.3) is 0 Å². The summed E-state index contributed by atoms with van der Waals surface area (Å²) in [4.78, 5) is 11.4. The molecule has 0 amide bonds. The summed E-state index contributed by atoms with van der Waals surface area (Å²) in [6.45, 7) is 7.67. The van der Waals surface area contributed by atoms with Gasteiger partial charge in [0.25, 0.3) is 0 Å². The molecule has 0 heterocycles. The third kappa shape index (κ3) is 10.2. The fourth-order valence-corrected chi connectivity index (χ4v) is 2.30. The Morgan fingerprint density at radius 2 is 1.80 bits per heavy atom. The van der Waals surface area contributed by atoms with Gasteiger partial charge in [0.15, 0.2) is 0 Å². The van der Waals surface area contributed by atoms with E-state index in [1.807, 2.05) is 19.1 Å². The van der Waals surface area contributed by atoms with Crippen molar-refractivity contribution in [3.63, 3.8) is 0 Å². The number of hydrogen-bond acceptors (Lipinski definition) is 5. The molecule has 0 radical (unpaired) electrons. The van der Waals surface area contributed by atoms with Crippen LogP contribution in [-0.4, -0.2) is 49.7 Å². The third-order valence-corrected chi connectivity index (χ3v) is 4.03. The fraction of sp³-hybridized carbons (Fsp3) is 0.650. The lowest BCUT2D eigenvalue weighted by atomic mass is 9.87. The monoisotopic (exact) mass is 354 g/mol. The standard InChI is InChI=1S/C19H30O4.CH4O/c1-5-17(20)10-12-19(2,3)14-23-13-11-15-6-8-16(9-7-15)18(21)22-4;1-2/h6-9,17,20H,5,10-14H2,1-4H3;2H,1H3. The van der Waals surface area contributed by atoms with Crippen molar-refractivity contribution in [2.75, 3.05) is 27.4 Å². The number of carbonyl (C=O) groups is 1. The Labute approximate surface area is 152 Å². The molecular weight excluding hydrogens is 320 g/mol. The minimum absolute atomic E-state index is 0.0743. The summed E-state index contributed by atoms with van der Waals surface area (Å²) in [5.74, 6) is -0.316. The van der Waals surface area contributed by atoms with Gasteiger partial charge in [-0.05, 0) is 48.8 Å². The predicted molar refractivity (Wildman–Crippen MR) is 99.8 cm³/mol. The number of hydrogen-bond donors (Lipinski definition) is 2. The minimum atomic E-state index is -0.316. The molecule has 0 aliphatic rings. The first kappa shape index (κ1) is 23.6. The van der Waals surface area contributed by atoms with E-state index >= 15 is 0 Å². The molecule has 0 aliphatic carbocycles. The molecule has 5 nitrogen and oxygen atoms in total. The Bertz CT molecular complexity index is 467. The maximum atomic E-state index is 11.4. The molecule has 25 heavy (non-hydrogen) atoms. The first-order valence-electron chi connectivity index (χ1n) is 8.75. The van der Waals surface area contributed by atoms with E-state index in [4.69, 9.17) is 9.84 Å². The zero-order valence-corrected chi connectivity index (χ0v) is 16.2. The largest absolute Gasteiger partial charge is 0.465 e. The topological polar surface area (TPSA) is 76.0 Å². The van der Waals surface area contributed by atoms with Crippen LogP contribution < -0.4 is 0 Å². The summed E-state index contributed by atoms with van der Waals surface area (Å²) in [5.41, 5.74) is 1.77. The maximum Gasteiger partial charge on any atom is 0.337 e. The average molecular weight is 354 g/mol. The zero-order chi connectivity index (χ0) is 19.3. The van der Waals surface area contributed by atoms with Crippen LogP contribution in [0.1, 0.15) is 56.0 Å². The molecule has 0 spiro atoms. The Morgan fingerprint density at radius 1 is 1.20 bits per heavy atom. The molecule has 1 aromatic rings. The van der Waals surface area contributed by atoms with E-state index in [0.717, 1.165) is 38.4 Å². The SMILES string of the molecule is CCC(O)CCC(C)(C)COCCc1ccc(C(=O)OC)cc1.CO. The van der Waals surface area contributed by atoms with Crippen LogP contribution in [0.15, 0.2) is 24.3 Å². The van der Waals surface area contributed by atoms with Gasteiger partial charge in [-0.1, -0.05) is 32.9 Å². The van der Waals surface area contributed by atoms with Gasteiger partial charge >= 0.3 is 5.97 Å². The Kier molecular flexibility index (Phi) is 12.1. The molecule has 0 aromatic heterocycles. The highest BCUT2D eigenvalue weighted by atomic mass is 16.5. The average Bonchev–Trinajstić information content (AvgIpc) is 2.64. The normalized spacial score (nSPS) is 12.1. The number of aliphatic hydroxyl groups is 2. The van der Waals surface area contributed by atoms with Gasteiger partial charge in [0.1, 0.15) is 0 Å². The summed E-state index contributed by atoms with van der Waals surface area (Å²) >= 11 is 0. The molecule has 0 saturated heterocycles. The fourth-order valence-electron chi connectivity index (χ4n) is 2.30. The molecular formula is C20H34O5. The van der Waals surface area contributed by atoms with Crippen LogP contribution in [0.2, 0.25) is 0 Å². The van der Waals surface area contributed by atoms with E-state index in [1.54, 1.807) is 12.1 Å². The molecule has 0 bridgehead atoms. The zero-order valence-electron chi connectivity index (χ0n) is 16.2. The summed E-state index contributed by atoms with van der Waals surface area (Å²) < 4.78 is 10.5. The van der Waals surface area contributed by atoms with Crippen molar-refractivity contribution in [3.05, 3.63) is 35.4 Å². The highest BCUT2D eigenvalue weighted by molar-refractivity contribution is 5.89. The van der Waals surface area contributed by atoms with Gasteiger partial charge in [-0.2, -0.15) is 0 Å². The molecule has 0 aliphatic heterocycles. The first-order valence-corrected chi connectivity index (χ1v) is 8.75. The summed E-state index contributed by atoms with van der Waals surface area (Å²) in [7, 11) is 2.38. The van der Waals surface area contributed by atoms with E-state index in [9.17, 15) is 9.90 Å². The van der Waals surface area contributed by atoms with E-state index in [2.05, 4.69) is 18.6 Å².